The first-order chi connectivity index (χ1) is 9.92. The van der Waals surface area contributed by atoms with Gasteiger partial charge in [0.2, 0.25) is 5.91 Å². The Morgan fingerprint density at radius 3 is 2.71 bits per heavy atom. The summed E-state index contributed by atoms with van der Waals surface area (Å²) in [6.45, 7) is 5.12. The summed E-state index contributed by atoms with van der Waals surface area (Å²) in [5.74, 6) is -0.808. The lowest BCUT2D eigenvalue weighted by Gasteiger charge is -2.20. The Labute approximate surface area is 125 Å². The Bertz CT molecular complexity index is 544. The Morgan fingerprint density at radius 1 is 1.38 bits per heavy atom. The second-order valence-electron chi connectivity index (χ2n) is 5.92. The van der Waals surface area contributed by atoms with Crippen molar-refractivity contribution in [1.82, 2.24) is 4.90 Å². The number of hydrogen-bond donors (Lipinski definition) is 2. The van der Waals surface area contributed by atoms with Crippen molar-refractivity contribution in [1.29, 1.82) is 0 Å². The van der Waals surface area contributed by atoms with Gasteiger partial charge in [0.25, 0.3) is 0 Å². The van der Waals surface area contributed by atoms with E-state index in [9.17, 15) is 14.7 Å². The quantitative estimate of drug-likeness (QED) is 0.871. The van der Waals surface area contributed by atoms with Crippen LogP contribution in [-0.2, 0) is 9.59 Å². The molecule has 1 heterocycles. The van der Waals surface area contributed by atoms with Crippen LogP contribution in [0.25, 0.3) is 0 Å². The van der Waals surface area contributed by atoms with Gasteiger partial charge in [0.15, 0.2) is 0 Å². The average molecular weight is 290 g/mol. The van der Waals surface area contributed by atoms with Crippen LogP contribution in [0.1, 0.15) is 25.3 Å². The molecule has 0 spiro atoms. The zero-order valence-electron chi connectivity index (χ0n) is 12.6. The van der Waals surface area contributed by atoms with Crippen molar-refractivity contribution >= 4 is 17.6 Å². The number of nitrogens with one attached hydrogen (secondary N) is 1. The Morgan fingerprint density at radius 2 is 2.10 bits per heavy atom. The maximum atomic E-state index is 12.1. The molecule has 1 unspecified atom stereocenters. The molecular formula is C16H22N2O3. The molecule has 5 heteroatoms. The predicted molar refractivity (Wildman–Crippen MR) is 81.2 cm³/mol. The van der Waals surface area contributed by atoms with Crippen LogP contribution in [0.15, 0.2) is 24.3 Å². The summed E-state index contributed by atoms with van der Waals surface area (Å²) in [5, 5.41) is 12.4. The number of carboxylic acids is 1. The number of likely N-dealkylation sites (tertiary alicyclic amines) is 1. The standard InChI is InChI=1S/C16H22N2O3/c1-12-5-3-4-6-13(12)17-9-7-14(19)18-10-8-16(2,11-18)15(20)21/h3-6,17H,7-11H2,1-2H3,(H,20,21). The Hall–Kier alpha value is -2.04. The first kappa shape index (κ1) is 15.4. The molecule has 1 saturated heterocycles. The molecule has 0 aromatic heterocycles. The summed E-state index contributed by atoms with van der Waals surface area (Å²) in [5.41, 5.74) is 1.38. The van der Waals surface area contributed by atoms with Crippen molar-refractivity contribution in [3.05, 3.63) is 29.8 Å². The highest BCUT2D eigenvalue weighted by molar-refractivity contribution is 5.80. The lowest BCUT2D eigenvalue weighted by molar-refractivity contribution is -0.147. The van der Waals surface area contributed by atoms with E-state index >= 15 is 0 Å². The van der Waals surface area contributed by atoms with E-state index in [0.717, 1.165) is 11.3 Å². The summed E-state index contributed by atoms with van der Waals surface area (Å²) in [7, 11) is 0. The number of benzene rings is 1. The molecule has 21 heavy (non-hydrogen) atoms. The third kappa shape index (κ3) is 3.54. The van der Waals surface area contributed by atoms with Crippen molar-refractivity contribution in [3.8, 4) is 0 Å². The van der Waals surface area contributed by atoms with Crippen LogP contribution >= 0.6 is 0 Å². The van der Waals surface area contributed by atoms with Crippen molar-refractivity contribution in [3.63, 3.8) is 0 Å². The maximum Gasteiger partial charge on any atom is 0.311 e. The number of rotatable bonds is 5. The van der Waals surface area contributed by atoms with Crippen LogP contribution in [0.3, 0.4) is 0 Å². The monoisotopic (exact) mass is 290 g/mol. The summed E-state index contributed by atoms with van der Waals surface area (Å²) in [6, 6.07) is 7.93. The van der Waals surface area contributed by atoms with Gasteiger partial charge < -0.3 is 15.3 Å². The van der Waals surface area contributed by atoms with Gasteiger partial charge in [-0.15, -0.1) is 0 Å². The van der Waals surface area contributed by atoms with E-state index in [2.05, 4.69) is 5.32 Å². The highest BCUT2D eigenvalue weighted by atomic mass is 16.4. The molecular weight excluding hydrogens is 268 g/mol. The van der Waals surface area contributed by atoms with Crippen LogP contribution in [0.4, 0.5) is 5.69 Å². The summed E-state index contributed by atoms with van der Waals surface area (Å²) in [4.78, 5) is 25.0. The molecule has 0 saturated carbocycles. The number of carbonyl (C=O) groups is 2. The van der Waals surface area contributed by atoms with Crippen LogP contribution in [0.2, 0.25) is 0 Å². The third-order valence-electron chi connectivity index (χ3n) is 4.14. The fraction of sp³-hybridized carbons (Fsp3) is 0.500. The number of amides is 1. The minimum absolute atomic E-state index is 0.0149. The average Bonchev–Trinajstić information content (AvgIpc) is 2.85. The van der Waals surface area contributed by atoms with Crippen molar-refractivity contribution in [2.75, 3.05) is 25.0 Å². The number of para-hydroxylation sites is 1. The van der Waals surface area contributed by atoms with E-state index in [1.807, 2.05) is 31.2 Å². The largest absolute Gasteiger partial charge is 0.481 e. The minimum atomic E-state index is -0.823. The van der Waals surface area contributed by atoms with E-state index in [1.165, 1.54) is 0 Å². The Balaban J connectivity index is 1.81. The molecule has 114 valence electrons. The van der Waals surface area contributed by atoms with E-state index < -0.39 is 11.4 Å². The fourth-order valence-corrected chi connectivity index (χ4v) is 2.58. The molecule has 1 atom stereocenters. The molecule has 2 N–H and O–H groups in total. The van der Waals surface area contributed by atoms with E-state index in [0.29, 0.717) is 32.5 Å². The number of anilines is 1. The minimum Gasteiger partial charge on any atom is -0.481 e. The molecule has 0 bridgehead atoms. The van der Waals surface area contributed by atoms with Crippen LogP contribution in [0, 0.1) is 12.3 Å². The molecule has 2 rings (SSSR count). The van der Waals surface area contributed by atoms with E-state index in [4.69, 9.17) is 0 Å². The Kier molecular flexibility index (Phi) is 4.50. The molecule has 1 aliphatic rings. The van der Waals surface area contributed by atoms with Gasteiger partial charge in [-0.1, -0.05) is 18.2 Å². The number of aryl methyl sites for hydroxylation is 1. The molecule has 0 aliphatic carbocycles. The topological polar surface area (TPSA) is 69.6 Å². The van der Waals surface area contributed by atoms with Gasteiger partial charge in [0.05, 0.1) is 5.41 Å². The summed E-state index contributed by atoms with van der Waals surface area (Å²) in [6.07, 6.45) is 0.906. The number of carboxylic acid groups (broad SMARTS) is 1. The van der Waals surface area contributed by atoms with Gasteiger partial charge in [-0.25, -0.2) is 0 Å². The van der Waals surface area contributed by atoms with Crippen LogP contribution in [0.5, 0.6) is 0 Å². The normalized spacial score (nSPS) is 21.3. The van der Waals surface area contributed by atoms with Crippen LogP contribution < -0.4 is 5.32 Å². The highest BCUT2D eigenvalue weighted by Crippen LogP contribution is 2.30. The zero-order chi connectivity index (χ0) is 15.5. The first-order valence-corrected chi connectivity index (χ1v) is 7.23. The summed E-state index contributed by atoms with van der Waals surface area (Å²) < 4.78 is 0. The van der Waals surface area contributed by atoms with Gasteiger partial charge in [-0.2, -0.15) is 0 Å². The second-order valence-corrected chi connectivity index (χ2v) is 5.92. The van der Waals surface area contributed by atoms with Crippen molar-refractivity contribution in [2.45, 2.75) is 26.7 Å². The van der Waals surface area contributed by atoms with Crippen LogP contribution in [-0.4, -0.2) is 41.5 Å². The van der Waals surface area contributed by atoms with Gasteiger partial charge >= 0.3 is 5.97 Å². The molecule has 1 aromatic rings. The third-order valence-corrected chi connectivity index (χ3v) is 4.14. The molecule has 1 aromatic carbocycles. The van der Waals surface area contributed by atoms with Crippen molar-refractivity contribution in [2.24, 2.45) is 5.41 Å². The number of nitrogens with zero attached hydrogens (tertiary/aromatic N) is 1. The van der Waals surface area contributed by atoms with E-state index in [1.54, 1.807) is 11.8 Å². The lowest BCUT2D eigenvalue weighted by atomic mass is 9.90. The smallest absolute Gasteiger partial charge is 0.311 e. The number of aliphatic carboxylic acids is 1. The summed E-state index contributed by atoms with van der Waals surface area (Å²) >= 11 is 0. The van der Waals surface area contributed by atoms with Gasteiger partial charge in [-0.3, -0.25) is 9.59 Å². The lowest BCUT2D eigenvalue weighted by Crippen LogP contribution is -2.35. The molecule has 1 amide bonds. The van der Waals surface area contributed by atoms with E-state index in [-0.39, 0.29) is 5.91 Å². The molecule has 1 fully saturated rings. The molecule has 0 radical (unpaired) electrons. The van der Waals surface area contributed by atoms with Crippen molar-refractivity contribution < 1.29 is 14.7 Å². The number of carbonyl (C=O) groups excluding carboxylic acids is 1. The number of hydrogen-bond acceptors (Lipinski definition) is 3. The highest BCUT2D eigenvalue weighted by Gasteiger charge is 2.41. The zero-order valence-corrected chi connectivity index (χ0v) is 12.6. The molecule has 5 nitrogen and oxygen atoms in total. The first-order valence-electron chi connectivity index (χ1n) is 7.23. The van der Waals surface area contributed by atoms with Gasteiger partial charge in [0.1, 0.15) is 0 Å². The SMILES string of the molecule is Cc1ccccc1NCCC(=O)N1CCC(C)(C(=O)O)C1. The maximum absolute atomic E-state index is 12.1. The van der Waals surface area contributed by atoms with Gasteiger partial charge in [-0.05, 0) is 31.9 Å². The van der Waals surface area contributed by atoms with Gasteiger partial charge in [0, 0.05) is 31.7 Å². The molecule has 1 aliphatic heterocycles. The predicted octanol–water partition coefficient (Wildman–Crippen LogP) is 2.12. The fourth-order valence-electron chi connectivity index (χ4n) is 2.58. The second kappa shape index (κ2) is 6.16.